The molecule has 3 saturated heterocycles. The van der Waals surface area contributed by atoms with E-state index in [2.05, 4.69) is 0 Å². The van der Waals surface area contributed by atoms with Crippen molar-refractivity contribution in [1.29, 1.82) is 0 Å². The van der Waals surface area contributed by atoms with Gasteiger partial charge in [-0.05, 0) is 36.9 Å². The first kappa shape index (κ1) is 35.7. The average Bonchev–Trinajstić information content (AvgIpc) is 3.05. The predicted octanol–water partition coefficient (Wildman–Crippen LogP) is -3.27. The van der Waals surface area contributed by atoms with Crippen molar-refractivity contribution in [3.63, 3.8) is 0 Å². The molecule has 47 heavy (non-hydrogen) atoms. The van der Waals surface area contributed by atoms with E-state index in [1.165, 1.54) is 26.0 Å². The van der Waals surface area contributed by atoms with Gasteiger partial charge >= 0.3 is 0 Å². The first-order chi connectivity index (χ1) is 22.2. The lowest BCUT2D eigenvalue weighted by molar-refractivity contribution is -0.344. The van der Waals surface area contributed by atoms with Crippen LogP contribution >= 0.6 is 0 Å². The second-order valence-electron chi connectivity index (χ2n) is 11.8. The molecule has 2 aromatic carbocycles. The summed E-state index contributed by atoms with van der Waals surface area (Å²) in [5.41, 5.74) is 0.214. The van der Waals surface area contributed by atoms with Gasteiger partial charge in [-0.2, -0.15) is 0 Å². The summed E-state index contributed by atoms with van der Waals surface area (Å²) in [6.07, 6.45) is -20.9. The third-order valence-corrected chi connectivity index (χ3v) is 8.61. The highest BCUT2D eigenvalue weighted by molar-refractivity contribution is 6.06. The lowest BCUT2D eigenvalue weighted by atomic mass is 9.97. The van der Waals surface area contributed by atoms with Crippen molar-refractivity contribution in [2.45, 2.75) is 106 Å². The molecule has 14 unspecified atom stereocenters. The summed E-state index contributed by atoms with van der Waals surface area (Å²) in [7, 11) is 0. The topological polar surface area (TPSA) is 275 Å². The number of benzene rings is 2. The maximum Gasteiger partial charge on any atom is 0.229 e. The van der Waals surface area contributed by atoms with Crippen LogP contribution in [0.25, 0.3) is 10.8 Å². The first-order valence-electron chi connectivity index (χ1n) is 14.9. The third-order valence-electron chi connectivity index (χ3n) is 8.61. The minimum absolute atomic E-state index is 0.0262. The molecule has 10 N–H and O–H groups in total. The van der Waals surface area contributed by atoms with E-state index in [1.54, 1.807) is 12.1 Å². The van der Waals surface area contributed by atoms with Gasteiger partial charge in [-0.3, -0.25) is 4.79 Å². The molecule has 0 spiro atoms. The number of phenols is 1. The molecule has 17 heteroatoms. The van der Waals surface area contributed by atoms with Crippen molar-refractivity contribution >= 4 is 16.6 Å². The Hall–Kier alpha value is -2.59. The summed E-state index contributed by atoms with van der Waals surface area (Å²) >= 11 is 0. The molecule has 2 aromatic rings. The van der Waals surface area contributed by atoms with Gasteiger partial charge < -0.3 is 79.5 Å². The fourth-order valence-corrected chi connectivity index (χ4v) is 5.78. The molecule has 3 fully saturated rings. The van der Waals surface area contributed by atoms with Gasteiger partial charge in [0.25, 0.3) is 0 Å². The molecule has 14 atom stereocenters. The second kappa shape index (κ2) is 14.5. The van der Waals surface area contributed by atoms with Gasteiger partial charge in [-0.1, -0.05) is 12.1 Å². The number of carbonyl (C=O) groups excluding carboxylic acids is 1. The normalized spacial score (nSPS) is 39.6. The van der Waals surface area contributed by atoms with E-state index in [-0.39, 0.29) is 29.9 Å². The smallest absolute Gasteiger partial charge is 0.229 e. The minimum atomic E-state index is -1.74. The van der Waals surface area contributed by atoms with E-state index in [0.717, 1.165) is 0 Å². The molecule has 0 bridgehead atoms. The molecule has 0 radical (unpaired) electrons. The molecular formula is C30H40O17. The van der Waals surface area contributed by atoms with Crippen molar-refractivity contribution in [2.24, 2.45) is 0 Å². The minimum Gasteiger partial charge on any atom is -0.506 e. The van der Waals surface area contributed by atoms with Crippen LogP contribution in [-0.2, 0) is 30.3 Å². The molecule has 17 nitrogen and oxygen atoms in total. The number of ether oxygens (including phenoxy) is 6. The number of fused-ring (bicyclic) bond motifs is 1. The number of phenolic OH excluding ortho intramolecular Hbond substituents is 1. The molecule has 5 rings (SSSR count). The zero-order valence-electron chi connectivity index (χ0n) is 25.3. The summed E-state index contributed by atoms with van der Waals surface area (Å²) in [6, 6.07) is 5.94. The average molecular weight is 673 g/mol. The number of ketones is 1. The number of aromatic hydroxyl groups is 1. The van der Waals surface area contributed by atoms with Crippen LogP contribution < -0.4 is 4.74 Å². The van der Waals surface area contributed by atoms with Crippen molar-refractivity contribution < 1.29 is 84.3 Å². The highest BCUT2D eigenvalue weighted by Crippen LogP contribution is 2.40. The Bertz CT molecular complexity index is 1400. The maximum absolute atomic E-state index is 12.5. The Labute approximate surface area is 267 Å². The van der Waals surface area contributed by atoms with Gasteiger partial charge in [0.2, 0.25) is 6.29 Å². The molecule has 0 amide bonds. The van der Waals surface area contributed by atoms with Gasteiger partial charge in [0.15, 0.2) is 18.4 Å². The van der Waals surface area contributed by atoms with E-state index in [1.807, 2.05) is 0 Å². The van der Waals surface area contributed by atoms with Crippen LogP contribution in [0.4, 0.5) is 0 Å². The number of carbonyl (C=O) groups is 1. The second-order valence-corrected chi connectivity index (χ2v) is 11.8. The predicted molar refractivity (Wildman–Crippen MR) is 154 cm³/mol. The zero-order valence-corrected chi connectivity index (χ0v) is 25.3. The van der Waals surface area contributed by atoms with Crippen LogP contribution in [0.15, 0.2) is 24.3 Å². The Balaban J connectivity index is 1.32. The molecule has 3 heterocycles. The summed E-state index contributed by atoms with van der Waals surface area (Å²) in [5.74, 6) is -0.982. The van der Waals surface area contributed by atoms with E-state index >= 15 is 0 Å². The van der Waals surface area contributed by atoms with Crippen LogP contribution in [0.2, 0.25) is 0 Å². The summed E-state index contributed by atoms with van der Waals surface area (Å²) in [4.78, 5) is 12.5. The van der Waals surface area contributed by atoms with E-state index in [4.69, 9.17) is 28.4 Å². The van der Waals surface area contributed by atoms with Gasteiger partial charge in [0.1, 0.15) is 72.5 Å². The van der Waals surface area contributed by atoms with Crippen LogP contribution in [0, 0.1) is 0 Å². The maximum atomic E-state index is 12.5. The lowest BCUT2D eigenvalue weighted by Crippen LogP contribution is -2.62. The molecular weight excluding hydrogens is 632 g/mol. The number of rotatable bonds is 9. The Morgan fingerprint density at radius 2 is 1.51 bits per heavy atom. The fraction of sp³-hybridized carbons (Fsp3) is 0.633. The van der Waals surface area contributed by atoms with Crippen molar-refractivity contribution in [3.8, 4) is 11.5 Å². The molecule has 3 aliphatic rings. The molecule has 0 aromatic heterocycles. The van der Waals surface area contributed by atoms with Gasteiger partial charge in [-0.25, -0.2) is 0 Å². The summed E-state index contributed by atoms with van der Waals surface area (Å²) < 4.78 is 33.5. The highest BCUT2D eigenvalue weighted by Gasteiger charge is 2.48. The van der Waals surface area contributed by atoms with E-state index in [0.29, 0.717) is 10.9 Å². The van der Waals surface area contributed by atoms with E-state index in [9.17, 15) is 55.9 Å². The van der Waals surface area contributed by atoms with Crippen LogP contribution in [0.1, 0.15) is 29.8 Å². The van der Waals surface area contributed by atoms with Crippen molar-refractivity contribution in [3.05, 3.63) is 35.4 Å². The molecule has 0 saturated carbocycles. The highest BCUT2D eigenvalue weighted by atomic mass is 16.7. The number of Topliss-reactive ketones (excluding diaryl/α,β-unsaturated/α-hetero) is 1. The fourth-order valence-electron chi connectivity index (χ4n) is 5.78. The van der Waals surface area contributed by atoms with Crippen LogP contribution in [-0.4, -0.2) is 156 Å². The SMILES string of the molecule is CC(=O)c1cc(COC2OCC(OC3OC(CO)C(O)C(O)C3O)C(O)C2O)c2cccc(OC3OC(C)C(O)C(O)C3O)c2c1O. The molecule has 3 aliphatic heterocycles. The van der Waals surface area contributed by atoms with Gasteiger partial charge in [0.05, 0.1) is 36.9 Å². The zero-order chi connectivity index (χ0) is 34.3. The Morgan fingerprint density at radius 3 is 2.19 bits per heavy atom. The van der Waals surface area contributed by atoms with Crippen molar-refractivity contribution in [1.82, 2.24) is 0 Å². The first-order valence-corrected chi connectivity index (χ1v) is 14.9. The largest absolute Gasteiger partial charge is 0.506 e. The van der Waals surface area contributed by atoms with Crippen LogP contribution in [0.3, 0.4) is 0 Å². The standard InChI is InChI=1S/C30H40O17/c1-10(32)14-6-12(13-4-3-5-15(18(13)20(14)34)45-29-26(40)23(37)19(33)11(2)44-29)8-42-28-25(39)22(36)17(9-43-28)47-30-27(41)24(38)21(35)16(7-31)46-30/h3-6,11,16-17,19,21-31,33-41H,7-9H2,1-2H3. The third kappa shape index (κ3) is 6.96. The Morgan fingerprint density at radius 1 is 0.851 bits per heavy atom. The number of hydrogen-bond acceptors (Lipinski definition) is 17. The molecule has 0 aliphatic carbocycles. The number of aliphatic hydroxyl groups excluding tert-OH is 9. The summed E-state index contributed by atoms with van der Waals surface area (Å²) in [5, 5.41) is 103. The van der Waals surface area contributed by atoms with E-state index < -0.39 is 104 Å². The molecule has 262 valence electrons. The van der Waals surface area contributed by atoms with Gasteiger partial charge in [-0.15, -0.1) is 0 Å². The van der Waals surface area contributed by atoms with Gasteiger partial charge in [0, 0.05) is 0 Å². The monoisotopic (exact) mass is 672 g/mol. The lowest BCUT2D eigenvalue weighted by Gasteiger charge is -2.43. The van der Waals surface area contributed by atoms with Crippen LogP contribution in [0.5, 0.6) is 11.5 Å². The number of aliphatic hydroxyl groups is 9. The summed E-state index contributed by atoms with van der Waals surface area (Å²) in [6.45, 7) is 1.30. The Kier molecular flexibility index (Phi) is 11.0. The van der Waals surface area contributed by atoms with Crippen molar-refractivity contribution in [2.75, 3.05) is 13.2 Å². The quantitative estimate of drug-likeness (QED) is 0.117. The number of hydrogen-bond donors (Lipinski definition) is 10.